The van der Waals surface area contributed by atoms with Crippen LogP contribution in [-0.2, 0) is 0 Å². The summed E-state index contributed by atoms with van der Waals surface area (Å²) in [4.78, 5) is 28.9. The Kier molecular flexibility index (Phi) is 5.25. The first-order valence-corrected chi connectivity index (χ1v) is 12.2. The summed E-state index contributed by atoms with van der Waals surface area (Å²) in [6, 6.07) is 10.6. The van der Waals surface area contributed by atoms with Gasteiger partial charge in [-0.05, 0) is 55.2 Å². The average Bonchev–Trinajstić information content (AvgIpc) is 3.42. The maximum absolute atomic E-state index is 13.4. The van der Waals surface area contributed by atoms with Gasteiger partial charge in [-0.25, -0.2) is 0 Å². The van der Waals surface area contributed by atoms with Gasteiger partial charge >= 0.3 is 0 Å². The summed E-state index contributed by atoms with van der Waals surface area (Å²) in [7, 11) is 0. The Morgan fingerprint density at radius 1 is 1.11 bits per heavy atom. The van der Waals surface area contributed by atoms with Gasteiger partial charge in [0.1, 0.15) is 18.0 Å². The lowest BCUT2D eigenvalue weighted by molar-refractivity contribution is 0.335. The van der Waals surface area contributed by atoms with E-state index in [9.17, 15) is 14.7 Å². The highest BCUT2D eigenvalue weighted by Crippen LogP contribution is 2.41. The molecule has 0 radical (unpaired) electrons. The Morgan fingerprint density at radius 3 is 2.58 bits per heavy atom. The maximum Gasteiger partial charge on any atom is 0.274 e. The summed E-state index contributed by atoms with van der Waals surface area (Å²) in [6.45, 7) is 6.18. The molecule has 1 saturated carbocycles. The van der Waals surface area contributed by atoms with Crippen LogP contribution < -0.4 is 15.7 Å². The molecule has 6 rings (SSSR count). The van der Waals surface area contributed by atoms with Gasteiger partial charge in [-0.15, -0.1) is 0 Å². The third kappa shape index (κ3) is 3.52. The summed E-state index contributed by atoms with van der Waals surface area (Å²) in [5.41, 5.74) is 3.33. The smallest absolute Gasteiger partial charge is 0.274 e. The Bertz CT molecular complexity index is 1740. The number of nitrogens with zero attached hydrogens (tertiary/aromatic N) is 1. The van der Waals surface area contributed by atoms with E-state index in [0.29, 0.717) is 45.4 Å². The number of hydrogen-bond donors (Lipinski definition) is 3. The summed E-state index contributed by atoms with van der Waals surface area (Å²) >= 11 is 0. The second kappa shape index (κ2) is 8.48. The number of ether oxygens (including phenoxy) is 1. The zero-order valence-corrected chi connectivity index (χ0v) is 20.0. The van der Waals surface area contributed by atoms with Crippen molar-refractivity contribution < 1.29 is 14.3 Å². The highest BCUT2D eigenvalue weighted by Gasteiger charge is 2.26. The average molecular weight is 486 g/mol. The van der Waals surface area contributed by atoms with Gasteiger partial charge in [-0.2, -0.15) is 0 Å². The van der Waals surface area contributed by atoms with Crippen LogP contribution in [0.4, 0.5) is 0 Å². The van der Waals surface area contributed by atoms with Crippen molar-refractivity contribution in [3.63, 3.8) is 0 Å². The van der Waals surface area contributed by atoms with Gasteiger partial charge in [-0.1, -0.05) is 38.0 Å². The van der Waals surface area contributed by atoms with Gasteiger partial charge in [0.15, 0.2) is 11.2 Å². The molecule has 0 atom stereocenters. The van der Waals surface area contributed by atoms with Crippen molar-refractivity contribution in [2.24, 2.45) is 0 Å². The predicted octanol–water partition coefficient (Wildman–Crippen LogP) is 5.75. The van der Waals surface area contributed by atoms with Crippen LogP contribution in [0.2, 0.25) is 0 Å². The number of aromatic amines is 2. The Morgan fingerprint density at radius 2 is 1.86 bits per heavy atom. The standard InChI is InChI=1S/C28H27N3O5/c1-15(2)14-35-18-10-8-16(9-11-18)21-22-27(31(30-28(22)34)17-6-4-3-5-7-17)29-23-19-12-13-20(32)24(33)25(19)36-26(21)23/h8-13,17,29,33H,1,3-7,14H2,2H3,(H,30,34). The highest BCUT2D eigenvalue weighted by molar-refractivity contribution is 6.15. The predicted molar refractivity (Wildman–Crippen MR) is 140 cm³/mol. The summed E-state index contributed by atoms with van der Waals surface area (Å²) < 4.78 is 13.8. The second-order valence-electron chi connectivity index (χ2n) is 9.69. The van der Waals surface area contributed by atoms with Gasteiger partial charge in [-0.3, -0.25) is 19.4 Å². The van der Waals surface area contributed by atoms with Gasteiger partial charge in [0.25, 0.3) is 5.56 Å². The molecule has 8 heteroatoms. The van der Waals surface area contributed by atoms with E-state index in [1.165, 1.54) is 12.5 Å². The summed E-state index contributed by atoms with van der Waals surface area (Å²) in [6.07, 6.45) is 5.40. The minimum Gasteiger partial charge on any atom is -0.502 e. The molecule has 3 aromatic heterocycles. The van der Waals surface area contributed by atoms with E-state index in [1.54, 1.807) is 6.07 Å². The molecule has 1 fully saturated rings. The molecule has 0 unspecified atom stereocenters. The highest BCUT2D eigenvalue weighted by atomic mass is 16.5. The number of nitrogens with one attached hydrogen (secondary N) is 2. The molecule has 1 aliphatic rings. The number of benzene rings is 2. The van der Waals surface area contributed by atoms with E-state index in [1.807, 2.05) is 35.9 Å². The second-order valence-corrected chi connectivity index (χ2v) is 9.69. The lowest BCUT2D eigenvalue weighted by Crippen LogP contribution is -2.16. The topological polar surface area (TPSA) is 113 Å². The maximum atomic E-state index is 13.4. The normalized spacial score (nSPS) is 14.7. The monoisotopic (exact) mass is 485 g/mol. The van der Waals surface area contributed by atoms with Crippen molar-refractivity contribution in [1.29, 1.82) is 0 Å². The number of hydrogen-bond acceptors (Lipinski definition) is 5. The number of phenols is 1. The van der Waals surface area contributed by atoms with Crippen molar-refractivity contribution in [2.75, 3.05) is 6.61 Å². The molecule has 0 bridgehead atoms. The van der Waals surface area contributed by atoms with E-state index >= 15 is 0 Å². The van der Waals surface area contributed by atoms with E-state index in [0.717, 1.165) is 36.8 Å². The molecule has 0 amide bonds. The third-order valence-corrected chi connectivity index (χ3v) is 7.01. The molecule has 0 aliphatic heterocycles. The Balaban J connectivity index is 1.65. The molecule has 0 spiro atoms. The fraction of sp³-hybridized carbons (Fsp3) is 0.286. The van der Waals surface area contributed by atoms with Crippen LogP contribution in [0.1, 0.15) is 45.1 Å². The first-order valence-electron chi connectivity index (χ1n) is 12.2. The van der Waals surface area contributed by atoms with E-state index in [4.69, 9.17) is 9.15 Å². The van der Waals surface area contributed by atoms with Crippen LogP contribution in [0, 0.1) is 0 Å². The molecule has 8 nitrogen and oxygen atoms in total. The van der Waals surface area contributed by atoms with Crippen molar-refractivity contribution in [3.8, 4) is 22.6 Å². The Labute approximate surface area is 205 Å². The van der Waals surface area contributed by atoms with Crippen LogP contribution in [0.5, 0.6) is 11.5 Å². The number of pyridine rings is 1. The van der Waals surface area contributed by atoms with Crippen LogP contribution in [0.25, 0.3) is 44.2 Å². The van der Waals surface area contributed by atoms with E-state index in [-0.39, 0.29) is 17.2 Å². The molecule has 1 aliphatic carbocycles. The summed E-state index contributed by atoms with van der Waals surface area (Å²) in [5.74, 6) is 0.240. The quantitative estimate of drug-likeness (QED) is 0.274. The first kappa shape index (κ1) is 22.3. The molecule has 36 heavy (non-hydrogen) atoms. The van der Waals surface area contributed by atoms with Crippen LogP contribution in [-0.4, -0.2) is 26.5 Å². The SMILES string of the molecule is C=C(C)COc1ccc(-c2c3oc4c(O)c(=O)ccc4c3[nH]c3c2c(=O)[nH]n3C2CCCCC2)cc1. The zero-order chi connectivity index (χ0) is 25.0. The fourth-order valence-corrected chi connectivity index (χ4v) is 5.28. The number of phenolic OH excluding ortho intramolecular Hbond substituents is 1. The van der Waals surface area contributed by atoms with Crippen molar-refractivity contribution in [1.82, 2.24) is 14.8 Å². The van der Waals surface area contributed by atoms with Gasteiger partial charge in [0.2, 0.25) is 11.2 Å². The number of rotatable bonds is 5. The van der Waals surface area contributed by atoms with Gasteiger partial charge in [0.05, 0.1) is 16.9 Å². The lowest BCUT2D eigenvalue weighted by atomic mass is 9.95. The van der Waals surface area contributed by atoms with Crippen molar-refractivity contribution >= 4 is 33.1 Å². The van der Waals surface area contributed by atoms with E-state index in [2.05, 4.69) is 16.7 Å². The van der Waals surface area contributed by atoms with Crippen molar-refractivity contribution in [2.45, 2.75) is 45.1 Å². The largest absolute Gasteiger partial charge is 0.502 e. The van der Waals surface area contributed by atoms with Crippen molar-refractivity contribution in [3.05, 3.63) is 69.1 Å². The number of aromatic nitrogens is 3. The molecule has 5 aromatic rings. The number of fused-ring (bicyclic) bond motifs is 4. The molecule has 0 saturated heterocycles. The third-order valence-electron chi connectivity index (χ3n) is 7.01. The van der Waals surface area contributed by atoms with Crippen LogP contribution in [0.3, 0.4) is 0 Å². The van der Waals surface area contributed by atoms with Crippen LogP contribution >= 0.6 is 0 Å². The molecule has 184 valence electrons. The molecule has 3 N–H and O–H groups in total. The lowest BCUT2D eigenvalue weighted by Gasteiger charge is -2.23. The van der Waals surface area contributed by atoms with Crippen LogP contribution in [0.15, 0.2) is 62.6 Å². The number of furan rings is 1. The number of aromatic hydroxyl groups is 1. The van der Waals surface area contributed by atoms with Gasteiger partial charge < -0.3 is 19.2 Å². The molecule has 2 aromatic carbocycles. The Hall–Kier alpha value is -4.20. The number of H-pyrrole nitrogens is 2. The minimum absolute atomic E-state index is 0.102. The molecular weight excluding hydrogens is 458 g/mol. The molecular formula is C28H27N3O5. The summed E-state index contributed by atoms with van der Waals surface area (Å²) in [5, 5.41) is 14.6. The fourth-order valence-electron chi connectivity index (χ4n) is 5.28. The zero-order valence-electron chi connectivity index (χ0n) is 20.0. The van der Waals surface area contributed by atoms with E-state index < -0.39 is 11.2 Å². The first-order chi connectivity index (χ1) is 17.4. The minimum atomic E-state index is -0.517. The van der Waals surface area contributed by atoms with Gasteiger partial charge in [0, 0.05) is 10.9 Å². The molecule has 3 heterocycles.